The van der Waals surface area contributed by atoms with Crippen LogP contribution in [0.2, 0.25) is 0 Å². The maximum atomic E-state index is 11.8. The normalized spacial score (nSPS) is 12.5. The number of urea groups is 1. The van der Waals surface area contributed by atoms with Gasteiger partial charge in [-0.3, -0.25) is 0 Å². The first kappa shape index (κ1) is 16.0. The van der Waals surface area contributed by atoms with Gasteiger partial charge in [0.2, 0.25) is 0 Å². The van der Waals surface area contributed by atoms with Gasteiger partial charge in [-0.1, -0.05) is 60.7 Å². The lowest BCUT2D eigenvalue weighted by Gasteiger charge is -2.35. The Morgan fingerprint density at radius 1 is 1.05 bits per heavy atom. The van der Waals surface area contributed by atoms with Crippen LogP contribution in [-0.4, -0.2) is 23.7 Å². The molecule has 0 saturated carbocycles. The number of amides is 2. The minimum Gasteiger partial charge on any atom is -0.378 e. The number of benzene rings is 2. The molecule has 0 saturated heterocycles. The van der Waals surface area contributed by atoms with Crippen LogP contribution >= 0.6 is 0 Å². The fourth-order valence-corrected chi connectivity index (χ4v) is 2.56. The van der Waals surface area contributed by atoms with Gasteiger partial charge >= 0.3 is 6.03 Å². The summed E-state index contributed by atoms with van der Waals surface area (Å²) in [6.45, 7) is 4.19. The SMILES string of the molecule is CCNC(=O)NC(C)C(O)(c1ccccc1)c1ccccc1. The highest BCUT2D eigenvalue weighted by Gasteiger charge is 2.38. The van der Waals surface area contributed by atoms with Crippen molar-refractivity contribution < 1.29 is 9.90 Å². The molecule has 0 spiro atoms. The Kier molecular flexibility index (Phi) is 5.17. The van der Waals surface area contributed by atoms with Crippen molar-refractivity contribution in [2.45, 2.75) is 25.5 Å². The van der Waals surface area contributed by atoms with Crippen molar-refractivity contribution >= 4 is 6.03 Å². The molecule has 0 aromatic heterocycles. The van der Waals surface area contributed by atoms with E-state index in [2.05, 4.69) is 10.6 Å². The summed E-state index contributed by atoms with van der Waals surface area (Å²) in [5, 5.41) is 16.9. The van der Waals surface area contributed by atoms with Crippen LogP contribution in [0.15, 0.2) is 60.7 Å². The second-order valence-corrected chi connectivity index (χ2v) is 5.22. The molecule has 0 aliphatic heterocycles. The van der Waals surface area contributed by atoms with Crippen LogP contribution in [0.25, 0.3) is 0 Å². The maximum Gasteiger partial charge on any atom is 0.315 e. The first-order valence-corrected chi connectivity index (χ1v) is 7.46. The third-order valence-electron chi connectivity index (χ3n) is 3.74. The third kappa shape index (κ3) is 3.28. The Bertz CT molecular complexity index is 559. The summed E-state index contributed by atoms with van der Waals surface area (Å²) in [6, 6.07) is 18.0. The molecule has 22 heavy (non-hydrogen) atoms. The molecule has 0 heterocycles. The number of hydrogen-bond acceptors (Lipinski definition) is 2. The van der Waals surface area contributed by atoms with Gasteiger partial charge in [0.25, 0.3) is 0 Å². The third-order valence-corrected chi connectivity index (χ3v) is 3.74. The van der Waals surface area contributed by atoms with Crippen molar-refractivity contribution in [3.05, 3.63) is 71.8 Å². The maximum absolute atomic E-state index is 11.8. The van der Waals surface area contributed by atoms with E-state index >= 15 is 0 Å². The predicted octanol–water partition coefficient (Wildman–Crippen LogP) is 2.63. The fraction of sp³-hybridized carbons (Fsp3) is 0.278. The van der Waals surface area contributed by atoms with E-state index in [9.17, 15) is 9.90 Å². The zero-order valence-electron chi connectivity index (χ0n) is 12.9. The quantitative estimate of drug-likeness (QED) is 0.794. The minimum absolute atomic E-state index is 0.291. The standard InChI is InChI=1S/C18H22N2O2/c1-3-19-17(21)20-14(2)18(22,15-10-6-4-7-11-15)16-12-8-5-9-13-16/h4-14,22H,3H2,1-2H3,(H2,19,20,21). The molecule has 1 atom stereocenters. The molecule has 4 heteroatoms. The molecule has 0 aliphatic rings. The van der Waals surface area contributed by atoms with Crippen molar-refractivity contribution in [1.29, 1.82) is 0 Å². The van der Waals surface area contributed by atoms with Crippen molar-refractivity contribution in [1.82, 2.24) is 10.6 Å². The van der Waals surface area contributed by atoms with E-state index in [1.807, 2.05) is 67.6 Å². The largest absolute Gasteiger partial charge is 0.378 e. The highest BCUT2D eigenvalue weighted by atomic mass is 16.3. The zero-order chi connectivity index (χ0) is 16.0. The second kappa shape index (κ2) is 7.09. The summed E-state index contributed by atoms with van der Waals surface area (Å²) in [5.41, 5.74) is 0.184. The molecule has 0 radical (unpaired) electrons. The molecule has 2 amide bonds. The Balaban J connectivity index is 2.40. The Morgan fingerprint density at radius 2 is 1.50 bits per heavy atom. The van der Waals surface area contributed by atoms with Crippen molar-refractivity contribution in [2.75, 3.05) is 6.54 Å². The van der Waals surface area contributed by atoms with Gasteiger partial charge in [0.15, 0.2) is 0 Å². The van der Waals surface area contributed by atoms with Gasteiger partial charge in [-0.2, -0.15) is 0 Å². The summed E-state index contributed by atoms with van der Waals surface area (Å²) >= 11 is 0. The summed E-state index contributed by atoms with van der Waals surface area (Å²) in [6.07, 6.45) is 0. The molecule has 0 bridgehead atoms. The molecular formula is C18H22N2O2. The van der Waals surface area contributed by atoms with Crippen LogP contribution < -0.4 is 10.6 Å². The minimum atomic E-state index is -1.30. The van der Waals surface area contributed by atoms with Crippen LogP contribution in [0.4, 0.5) is 4.79 Å². The monoisotopic (exact) mass is 298 g/mol. The van der Waals surface area contributed by atoms with E-state index in [0.29, 0.717) is 6.54 Å². The summed E-state index contributed by atoms with van der Waals surface area (Å²) in [5.74, 6) is 0. The number of hydrogen-bond donors (Lipinski definition) is 3. The summed E-state index contributed by atoms with van der Waals surface area (Å²) in [7, 11) is 0. The summed E-state index contributed by atoms with van der Waals surface area (Å²) < 4.78 is 0. The van der Waals surface area contributed by atoms with Crippen LogP contribution in [0.3, 0.4) is 0 Å². The Morgan fingerprint density at radius 3 is 1.91 bits per heavy atom. The van der Waals surface area contributed by atoms with Crippen LogP contribution in [0, 0.1) is 0 Å². The van der Waals surface area contributed by atoms with Gasteiger partial charge in [0.1, 0.15) is 5.60 Å². The number of nitrogens with one attached hydrogen (secondary N) is 2. The predicted molar refractivity (Wildman–Crippen MR) is 87.6 cm³/mol. The van der Waals surface area contributed by atoms with Crippen LogP contribution in [-0.2, 0) is 5.60 Å². The molecule has 4 nitrogen and oxygen atoms in total. The topological polar surface area (TPSA) is 61.4 Å². The Hall–Kier alpha value is -2.33. The molecule has 2 aromatic carbocycles. The number of carbonyl (C=O) groups excluding carboxylic acids is 1. The van der Waals surface area contributed by atoms with Gasteiger partial charge < -0.3 is 15.7 Å². The molecule has 116 valence electrons. The lowest BCUT2D eigenvalue weighted by Crippen LogP contribution is -2.52. The van der Waals surface area contributed by atoms with Crippen molar-refractivity contribution in [3.63, 3.8) is 0 Å². The lowest BCUT2D eigenvalue weighted by molar-refractivity contribution is 0.0474. The average Bonchev–Trinajstić information content (AvgIpc) is 2.55. The molecule has 0 fully saturated rings. The van der Waals surface area contributed by atoms with Gasteiger partial charge in [-0.05, 0) is 25.0 Å². The van der Waals surface area contributed by atoms with E-state index in [1.165, 1.54) is 0 Å². The lowest BCUT2D eigenvalue weighted by atomic mass is 9.81. The number of carbonyl (C=O) groups is 1. The first-order valence-electron chi connectivity index (χ1n) is 7.46. The van der Waals surface area contributed by atoms with Crippen molar-refractivity contribution in [3.8, 4) is 0 Å². The van der Waals surface area contributed by atoms with Crippen LogP contribution in [0.1, 0.15) is 25.0 Å². The average molecular weight is 298 g/mol. The zero-order valence-corrected chi connectivity index (χ0v) is 12.9. The fourth-order valence-electron chi connectivity index (χ4n) is 2.56. The summed E-state index contributed by atoms with van der Waals surface area (Å²) in [4.78, 5) is 11.8. The van der Waals surface area contributed by atoms with E-state index in [0.717, 1.165) is 11.1 Å². The van der Waals surface area contributed by atoms with Gasteiger partial charge in [0.05, 0.1) is 6.04 Å². The van der Waals surface area contributed by atoms with Gasteiger partial charge in [0, 0.05) is 6.54 Å². The first-order chi connectivity index (χ1) is 10.6. The van der Waals surface area contributed by atoms with Crippen LogP contribution in [0.5, 0.6) is 0 Å². The molecular weight excluding hydrogens is 276 g/mol. The van der Waals surface area contributed by atoms with Gasteiger partial charge in [-0.15, -0.1) is 0 Å². The number of aliphatic hydroxyl groups is 1. The van der Waals surface area contributed by atoms with Crippen molar-refractivity contribution in [2.24, 2.45) is 0 Å². The number of rotatable bonds is 5. The van der Waals surface area contributed by atoms with E-state index < -0.39 is 11.6 Å². The molecule has 3 N–H and O–H groups in total. The Labute approximate surface area is 131 Å². The van der Waals surface area contributed by atoms with E-state index in [4.69, 9.17) is 0 Å². The van der Waals surface area contributed by atoms with E-state index in [1.54, 1.807) is 6.92 Å². The smallest absolute Gasteiger partial charge is 0.315 e. The van der Waals surface area contributed by atoms with Gasteiger partial charge in [-0.25, -0.2) is 4.79 Å². The highest BCUT2D eigenvalue weighted by Crippen LogP contribution is 2.32. The molecule has 0 aliphatic carbocycles. The molecule has 2 rings (SSSR count). The molecule has 2 aromatic rings. The molecule has 1 unspecified atom stereocenters. The second-order valence-electron chi connectivity index (χ2n) is 5.22. The highest BCUT2D eigenvalue weighted by molar-refractivity contribution is 5.74. The van der Waals surface area contributed by atoms with E-state index in [-0.39, 0.29) is 6.03 Å².